The summed E-state index contributed by atoms with van der Waals surface area (Å²) in [6.07, 6.45) is 1.08. The molecule has 3 amide bonds. The van der Waals surface area contributed by atoms with E-state index in [1.807, 2.05) is 32.9 Å². The Bertz CT molecular complexity index is 966. The second-order valence-corrected chi connectivity index (χ2v) is 8.58. The number of hydrogen-bond acceptors (Lipinski definition) is 5. The van der Waals surface area contributed by atoms with Gasteiger partial charge in [0.15, 0.2) is 5.13 Å². The highest BCUT2D eigenvalue weighted by Crippen LogP contribution is 2.43. The zero-order valence-corrected chi connectivity index (χ0v) is 16.9. The summed E-state index contributed by atoms with van der Waals surface area (Å²) in [5, 5.41) is 3.38. The first-order valence-electron chi connectivity index (χ1n) is 9.29. The third-order valence-electron chi connectivity index (χ3n) is 5.58. The quantitative estimate of drug-likeness (QED) is 0.858. The molecule has 0 spiro atoms. The topological polar surface area (TPSA) is 82.6 Å². The average molecular weight is 398 g/mol. The zero-order valence-electron chi connectivity index (χ0n) is 16.1. The van der Waals surface area contributed by atoms with Crippen molar-refractivity contribution < 1.29 is 14.4 Å². The highest BCUT2D eigenvalue weighted by molar-refractivity contribution is 7.15. The molecule has 0 bridgehead atoms. The van der Waals surface area contributed by atoms with Crippen molar-refractivity contribution in [3.05, 3.63) is 40.4 Å². The Balaban J connectivity index is 1.54. The fourth-order valence-electron chi connectivity index (χ4n) is 3.96. The van der Waals surface area contributed by atoms with E-state index in [2.05, 4.69) is 10.3 Å². The third-order valence-corrected chi connectivity index (χ3v) is 6.57. The van der Waals surface area contributed by atoms with E-state index >= 15 is 0 Å². The van der Waals surface area contributed by atoms with Crippen LogP contribution >= 0.6 is 11.3 Å². The first kappa shape index (κ1) is 18.6. The monoisotopic (exact) mass is 398 g/mol. The molecular formula is C20H22N4O3S. The number of aryl methyl sites for hydroxylation is 2. The van der Waals surface area contributed by atoms with Gasteiger partial charge >= 0.3 is 0 Å². The average Bonchev–Trinajstić information content (AvgIpc) is 3.13. The highest BCUT2D eigenvalue weighted by Gasteiger charge is 2.52. The molecular weight excluding hydrogens is 376 g/mol. The molecule has 0 aliphatic carbocycles. The van der Waals surface area contributed by atoms with Crippen LogP contribution in [-0.2, 0) is 9.59 Å². The largest absolute Gasteiger partial charge is 0.315 e. The molecule has 3 heterocycles. The summed E-state index contributed by atoms with van der Waals surface area (Å²) in [6.45, 7) is 6.00. The summed E-state index contributed by atoms with van der Waals surface area (Å²) >= 11 is 1.43. The van der Waals surface area contributed by atoms with Gasteiger partial charge in [0.2, 0.25) is 11.8 Å². The van der Waals surface area contributed by atoms with Gasteiger partial charge in [-0.3, -0.25) is 19.3 Å². The van der Waals surface area contributed by atoms with Crippen LogP contribution in [0.1, 0.15) is 47.1 Å². The van der Waals surface area contributed by atoms with Crippen molar-refractivity contribution in [1.82, 2.24) is 9.88 Å². The predicted molar refractivity (Wildman–Crippen MR) is 107 cm³/mol. The number of rotatable bonds is 4. The Kier molecular flexibility index (Phi) is 4.45. The molecule has 1 atom stereocenters. The second-order valence-electron chi connectivity index (χ2n) is 7.38. The number of carbonyl (C=O) groups is 3. The lowest BCUT2D eigenvalue weighted by molar-refractivity contribution is -0.117. The van der Waals surface area contributed by atoms with E-state index in [1.165, 1.54) is 11.3 Å². The molecule has 1 aromatic heterocycles. The smallest absolute Gasteiger partial charge is 0.257 e. The summed E-state index contributed by atoms with van der Waals surface area (Å²) in [5.41, 5.74) is 1.32. The van der Waals surface area contributed by atoms with Gasteiger partial charge in [0.25, 0.3) is 5.91 Å². The van der Waals surface area contributed by atoms with Crippen LogP contribution in [0.2, 0.25) is 0 Å². The number of hydrogen-bond donors (Lipinski definition) is 1. The molecule has 146 valence electrons. The lowest BCUT2D eigenvalue weighted by Gasteiger charge is -2.48. The van der Waals surface area contributed by atoms with E-state index in [-0.39, 0.29) is 30.7 Å². The van der Waals surface area contributed by atoms with Gasteiger partial charge in [-0.25, -0.2) is 4.98 Å². The molecule has 1 saturated heterocycles. The van der Waals surface area contributed by atoms with Gasteiger partial charge < -0.3 is 10.2 Å². The minimum absolute atomic E-state index is 0.00522. The maximum absolute atomic E-state index is 13.1. The van der Waals surface area contributed by atoms with Crippen molar-refractivity contribution in [2.75, 3.05) is 16.8 Å². The SMILES string of the molecule is Cc1nc(NC(=O)CCN2C(=O)c3ccccc3N3C(=O)CC[C@]23C)sc1C. The number of fused-ring (bicyclic) bond motifs is 3. The number of thiazole rings is 1. The Labute approximate surface area is 167 Å². The van der Waals surface area contributed by atoms with E-state index in [1.54, 1.807) is 21.9 Å². The maximum atomic E-state index is 13.1. The molecule has 1 aromatic carbocycles. The van der Waals surface area contributed by atoms with Crippen molar-refractivity contribution >= 4 is 39.9 Å². The second kappa shape index (κ2) is 6.70. The Morgan fingerprint density at radius 2 is 2.04 bits per heavy atom. The molecule has 2 aliphatic heterocycles. The van der Waals surface area contributed by atoms with Crippen LogP contribution in [0, 0.1) is 13.8 Å². The fourth-order valence-corrected chi connectivity index (χ4v) is 4.79. The molecule has 7 nitrogen and oxygen atoms in total. The van der Waals surface area contributed by atoms with Crippen LogP contribution in [-0.4, -0.2) is 39.8 Å². The zero-order chi connectivity index (χ0) is 20.1. The molecule has 0 radical (unpaired) electrons. The molecule has 4 rings (SSSR count). The van der Waals surface area contributed by atoms with Crippen LogP contribution in [0.4, 0.5) is 10.8 Å². The number of carbonyl (C=O) groups excluding carboxylic acids is 3. The fraction of sp³-hybridized carbons (Fsp3) is 0.400. The van der Waals surface area contributed by atoms with Gasteiger partial charge in [0.1, 0.15) is 5.66 Å². The lowest BCUT2D eigenvalue weighted by atomic mass is 9.98. The first-order valence-corrected chi connectivity index (χ1v) is 10.1. The standard InChI is InChI=1S/C20H22N4O3S/c1-12-13(2)28-19(21-12)22-16(25)9-11-23-18(27)14-6-4-5-7-15(14)24-17(26)8-10-20(23,24)3/h4-7H,8-11H2,1-3H3,(H,21,22,25)/t20-/m1/s1. The molecule has 1 N–H and O–H groups in total. The van der Waals surface area contributed by atoms with Crippen LogP contribution in [0.5, 0.6) is 0 Å². The minimum Gasteiger partial charge on any atom is -0.315 e. The van der Waals surface area contributed by atoms with Crippen LogP contribution in [0.15, 0.2) is 24.3 Å². The molecule has 1 fully saturated rings. The number of aromatic nitrogens is 1. The normalized spacial score (nSPS) is 21.0. The molecule has 2 aromatic rings. The molecule has 0 unspecified atom stereocenters. The van der Waals surface area contributed by atoms with Gasteiger partial charge in [-0.1, -0.05) is 12.1 Å². The summed E-state index contributed by atoms with van der Waals surface area (Å²) < 4.78 is 0. The summed E-state index contributed by atoms with van der Waals surface area (Å²) in [5.74, 6) is -0.330. The number of para-hydroxylation sites is 1. The van der Waals surface area contributed by atoms with Crippen LogP contribution in [0.3, 0.4) is 0 Å². The number of benzene rings is 1. The van der Waals surface area contributed by atoms with E-state index in [4.69, 9.17) is 0 Å². The van der Waals surface area contributed by atoms with E-state index in [0.29, 0.717) is 29.2 Å². The van der Waals surface area contributed by atoms with Crippen molar-refractivity contribution in [3.8, 4) is 0 Å². The van der Waals surface area contributed by atoms with Gasteiger partial charge in [0, 0.05) is 24.3 Å². The predicted octanol–water partition coefficient (Wildman–Crippen LogP) is 3.09. The molecule has 2 aliphatic rings. The number of anilines is 2. The summed E-state index contributed by atoms with van der Waals surface area (Å²) in [6, 6.07) is 7.17. The number of nitrogens with zero attached hydrogens (tertiary/aromatic N) is 3. The van der Waals surface area contributed by atoms with Gasteiger partial charge in [-0.2, -0.15) is 0 Å². The summed E-state index contributed by atoms with van der Waals surface area (Å²) in [7, 11) is 0. The number of nitrogens with one attached hydrogen (secondary N) is 1. The first-order chi connectivity index (χ1) is 13.3. The molecule has 8 heteroatoms. The minimum atomic E-state index is -0.739. The Morgan fingerprint density at radius 1 is 1.29 bits per heavy atom. The van der Waals surface area contributed by atoms with Crippen molar-refractivity contribution in [2.45, 2.75) is 45.7 Å². The van der Waals surface area contributed by atoms with Crippen LogP contribution in [0.25, 0.3) is 0 Å². The number of amides is 3. The van der Waals surface area contributed by atoms with E-state index < -0.39 is 5.66 Å². The molecule has 28 heavy (non-hydrogen) atoms. The lowest BCUT2D eigenvalue weighted by Crippen LogP contribution is -2.62. The van der Waals surface area contributed by atoms with E-state index in [9.17, 15) is 14.4 Å². The maximum Gasteiger partial charge on any atom is 0.257 e. The molecule has 0 saturated carbocycles. The van der Waals surface area contributed by atoms with Gasteiger partial charge in [-0.05, 0) is 39.3 Å². The Morgan fingerprint density at radius 3 is 2.75 bits per heavy atom. The third kappa shape index (κ3) is 2.88. The van der Waals surface area contributed by atoms with Gasteiger partial charge in [0.05, 0.1) is 16.9 Å². The van der Waals surface area contributed by atoms with Crippen molar-refractivity contribution in [2.24, 2.45) is 0 Å². The highest BCUT2D eigenvalue weighted by atomic mass is 32.1. The van der Waals surface area contributed by atoms with Crippen molar-refractivity contribution in [3.63, 3.8) is 0 Å². The van der Waals surface area contributed by atoms with Crippen molar-refractivity contribution in [1.29, 1.82) is 0 Å². The summed E-state index contributed by atoms with van der Waals surface area (Å²) in [4.78, 5) is 46.9. The van der Waals surface area contributed by atoms with Gasteiger partial charge in [-0.15, -0.1) is 11.3 Å². The van der Waals surface area contributed by atoms with E-state index in [0.717, 1.165) is 10.6 Å². The van der Waals surface area contributed by atoms with Crippen LogP contribution < -0.4 is 10.2 Å². The Hall–Kier alpha value is -2.74.